The molecule has 2 rings (SSSR count). The van der Waals surface area contributed by atoms with E-state index >= 15 is 0 Å². The number of rotatable bonds is 7. The third-order valence-corrected chi connectivity index (χ3v) is 4.06. The minimum atomic E-state index is -0.0686. The smallest absolute Gasteiger partial charge is 0.239 e. The highest BCUT2D eigenvalue weighted by Crippen LogP contribution is 2.26. The first kappa shape index (κ1) is 18.1. The predicted molar refractivity (Wildman–Crippen MR) is 99.1 cm³/mol. The average molecular weight is 347 g/mol. The van der Waals surface area contributed by atoms with Gasteiger partial charge >= 0.3 is 0 Å². The van der Waals surface area contributed by atoms with E-state index in [0.29, 0.717) is 11.6 Å². The fourth-order valence-electron chi connectivity index (χ4n) is 2.62. The van der Waals surface area contributed by atoms with Crippen LogP contribution in [-0.4, -0.2) is 26.1 Å². The zero-order chi connectivity index (χ0) is 17.5. The number of hydrogen-bond acceptors (Lipinski definition) is 3. The van der Waals surface area contributed by atoms with Gasteiger partial charge in [-0.25, -0.2) is 0 Å². The van der Waals surface area contributed by atoms with Gasteiger partial charge in [0.2, 0.25) is 5.91 Å². The van der Waals surface area contributed by atoms with Gasteiger partial charge in [-0.3, -0.25) is 4.79 Å². The van der Waals surface area contributed by atoms with Gasteiger partial charge in [-0.15, -0.1) is 0 Å². The molecule has 0 saturated carbocycles. The van der Waals surface area contributed by atoms with Gasteiger partial charge in [0, 0.05) is 6.54 Å². The number of amides is 1. The summed E-state index contributed by atoms with van der Waals surface area (Å²) in [6.07, 6.45) is 0.722. The van der Waals surface area contributed by atoms with Crippen LogP contribution in [-0.2, 0) is 11.2 Å². The van der Waals surface area contributed by atoms with Gasteiger partial charge in [-0.1, -0.05) is 35.9 Å². The molecule has 0 aliphatic heterocycles. The van der Waals surface area contributed by atoms with E-state index in [9.17, 15) is 4.79 Å². The average Bonchev–Trinajstić information content (AvgIpc) is 2.54. The molecule has 2 N–H and O–H groups in total. The predicted octanol–water partition coefficient (Wildman–Crippen LogP) is 3.74. The van der Waals surface area contributed by atoms with Gasteiger partial charge in [-0.2, -0.15) is 0 Å². The summed E-state index contributed by atoms with van der Waals surface area (Å²) >= 11 is 6.23. The van der Waals surface area contributed by atoms with E-state index in [0.717, 1.165) is 34.5 Å². The molecule has 0 saturated heterocycles. The number of halogens is 1. The lowest BCUT2D eigenvalue weighted by Crippen LogP contribution is -2.31. The molecule has 0 unspecified atom stereocenters. The van der Waals surface area contributed by atoms with Crippen molar-refractivity contribution in [2.45, 2.75) is 20.3 Å². The van der Waals surface area contributed by atoms with Crippen LogP contribution >= 0.6 is 11.6 Å². The van der Waals surface area contributed by atoms with Crippen LogP contribution in [0, 0.1) is 13.8 Å². The number of carbonyl (C=O) groups is 1. The van der Waals surface area contributed by atoms with Crippen molar-refractivity contribution in [2.24, 2.45) is 0 Å². The Hall–Kier alpha value is -2.20. The number of nitrogens with one attached hydrogen (secondary N) is 2. The number of carbonyl (C=O) groups excluding carboxylic acids is 1. The Morgan fingerprint density at radius 3 is 2.67 bits per heavy atom. The van der Waals surface area contributed by atoms with Crippen LogP contribution in [0.2, 0.25) is 5.02 Å². The molecule has 2 aromatic carbocycles. The number of aryl methyl sites for hydroxylation is 2. The second-order valence-electron chi connectivity index (χ2n) is 5.70. The molecule has 0 aromatic heterocycles. The number of anilines is 1. The van der Waals surface area contributed by atoms with E-state index in [1.54, 1.807) is 7.11 Å². The maximum Gasteiger partial charge on any atom is 0.239 e. The van der Waals surface area contributed by atoms with Crippen LogP contribution in [0.4, 0.5) is 5.69 Å². The van der Waals surface area contributed by atoms with E-state index in [2.05, 4.69) is 10.6 Å². The number of para-hydroxylation sites is 1. The van der Waals surface area contributed by atoms with Crippen molar-refractivity contribution < 1.29 is 9.53 Å². The van der Waals surface area contributed by atoms with Crippen LogP contribution in [0.1, 0.15) is 16.7 Å². The quantitative estimate of drug-likeness (QED) is 0.803. The van der Waals surface area contributed by atoms with Crippen molar-refractivity contribution in [3.63, 3.8) is 0 Å². The highest BCUT2D eigenvalue weighted by molar-refractivity contribution is 6.33. The molecule has 0 aliphatic rings. The largest absolute Gasteiger partial charge is 0.496 e. The highest BCUT2D eigenvalue weighted by atomic mass is 35.5. The van der Waals surface area contributed by atoms with E-state index in [-0.39, 0.29) is 12.5 Å². The Labute approximate surface area is 148 Å². The first-order valence-electron chi connectivity index (χ1n) is 7.90. The molecule has 4 nitrogen and oxygen atoms in total. The number of ether oxygens (including phenoxy) is 1. The maximum atomic E-state index is 12.0. The summed E-state index contributed by atoms with van der Waals surface area (Å²) in [6.45, 7) is 4.71. The van der Waals surface area contributed by atoms with Gasteiger partial charge < -0.3 is 15.4 Å². The summed E-state index contributed by atoms with van der Waals surface area (Å²) in [4.78, 5) is 12.0. The molecule has 2 aromatic rings. The van der Waals surface area contributed by atoms with Crippen LogP contribution in [0.25, 0.3) is 0 Å². The van der Waals surface area contributed by atoms with E-state index in [1.165, 1.54) is 0 Å². The Balaban J connectivity index is 1.82. The summed E-state index contributed by atoms with van der Waals surface area (Å²) in [6, 6.07) is 11.7. The molecule has 0 spiro atoms. The van der Waals surface area contributed by atoms with Gasteiger partial charge in [0.15, 0.2) is 0 Å². The summed E-state index contributed by atoms with van der Waals surface area (Å²) in [5, 5.41) is 6.65. The molecule has 0 bridgehead atoms. The fourth-order valence-corrected chi connectivity index (χ4v) is 3.00. The van der Waals surface area contributed by atoms with E-state index in [4.69, 9.17) is 16.3 Å². The SMILES string of the molecule is COc1ccccc1CCNC(=O)CNc1c(C)cc(C)cc1Cl. The van der Waals surface area contributed by atoms with E-state index in [1.807, 2.05) is 50.2 Å². The van der Waals surface area contributed by atoms with Crippen LogP contribution < -0.4 is 15.4 Å². The Morgan fingerprint density at radius 1 is 1.21 bits per heavy atom. The van der Waals surface area contributed by atoms with Gasteiger partial charge in [0.1, 0.15) is 5.75 Å². The maximum absolute atomic E-state index is 12.0. The molecular weight excluding hydrogens is 324 g/mol. The van der Waals surface area contributed by atoms with Crippen LogP contribution in [0.5, 0.6) is 5.75 Å². The summed E-state index contributed by atoms with van der Waals surface area (Å²) in [7, 11) is 1.65. The van der Waals surface area contributed by atoms with Gasteiger partial charge in [-0.05, 0) is 49.1 Å². The lowest BCUT2D eigenvalue weighted by molar-refractivity contribution is -0.119. The van der Waals surface area contributed by atoms with Crippen LogP contribution in [0.15, 0.2) is 36.4 Å². The normalized spacial score (nSPS) is 10.3. The van der Waals surface area contributed by atoms with Gasteiger partial charge in [0.25, 0.3) is 0 Å². The molecule has 0 atom stereocenters. The zero-order valence-corrected chi connectivity index (χ0v) is 15.0. The first-order chi connectivity index (χ1) is 11.5. The molecule has 0 aliphatic carbocycles. The van der Waals surface area contributed by atoms with Crippen molar-refractivity contribution in [1.29, 1.82) is 0 Å². The molecule has 0 radical (unpaired) electrons. The number of benzene rings is 2. The first-order valence-corrected chi connectivity index (χ1v) is 8.28. The second-order valence-corrected chi connectivity index (χ2v) is 6.11. The van der Waals surface area contributed by atoms with Crippen molar-refractivity contribution >= 4 is 23.2 Å². The van der Waals surface area contributed by atoms with Crippen molar-refractivity contribution in [3.8, 4) is 5.75 Å². The Kier molecular flexibility index (Phi) is 6.50. The molecule has 5 heteroatoms. The van der Waals surface area contributed by atoms with Crippen LogP contribution in [0.3, 0.4) is 0 Å². The molecule has 24 heavy (non-hydrogen) atoms. The third kappa shape index (κ3) is 4.90. The number of hydrogen-bond donors (Lipinski definition) is 2. The summed E-state index contributed by atoms with van der Waals surface area (Å²) in [5.41, 5.74) is 4.01. The molecule has 0 fully saturated rings. The lowest BCUT2D eigenvalue weighted by Gasteiger charge is -2.13. The third-order valence-electron chi connectivity index (χ3n) is 3.77. The standard InChI is InChI=1S/C19H23ClN2O2/c1-13-10-14(2)19(16(20)11-13)22-12-18(23)21-9-8-15-6-4-5-7-17(15)24-3/h4-7,10-11,22H,8-9,12H2,1-3H3,(H,21,23). The monoisotopic (exact) mass is 346 g/mol. The summed E-state index contributed by atoms with van der Waals surface area (Å²) in [5.74, 6) is 0.771. The minimum Gasteiger partial charge on any atom is -0.496 e. The van der Waals surface area contributed by atoms with E-state index < -0.39 is 0 Å². The Bertz CT molecular complexity index is 693. The fraction of sp³-hybridized carbons (Fsp3) is 0.316. The molecular formula is C19H23ClN2O2. The second kappa shape index (κ2) is 8.60. The van der Waals surface area contributed by atoms with Crippen molar-refractivity contribution in [1.82, 2.24) is 5.32 Å². The highest BCUT2D eigenvalue weighted by Gasteiger charge is 2.08. The van der Waals surface area contributed by atoms with Crippen molar-refractivity contribution in [3.05, 3.63) is 58.1 Å². The molecule has 0 heterocycles. The zero-order valence-electron chi connectivity index (χ0n) is 14.3. The summed E-state index contributed by atoms with van der Waals surface area (Å²) < 4.78 is 5.30. The topological polar surface area (TPSA) is 50.4 Å². The lowest BCUT2D eigenvalue weighted by atomic mass is 10.1. The molecule has 1 amide bonds. The molecule has 128 valence electrons. The number of methoxy groups -OCH3 is 1. The van der Waals surface area contributed by atoms with Crippen molar-refractivity contribution in [2.75, 3.05) is 25.5 Å². The minimum absolute atomic E-state index is 0.0686. The Morgan fingerprint density at radius 2 is 1.96 bits per heavy atom. The van der Waals surface area contributed by atoms with Gasteiger partial charge in [0.05, 0.1) is 24.4 Å².